The Labute approximate surface area is 109 Å². The second kappa shape index (κ2) is 5.55. The van der Waals surface area contributed by atoms with E-state index in [1.807, 2.05) is 6.92 Å². The Bertz CT molecular complexity index is 640. The average Bonchev–Trinajstić information content (AvgIpc) is 2.42. The van der Waals surface area contributed by atoms with Crippen molar-refractivity contribution < 1.29 is 4.39 Å². The van der Waals surface area contributed by atoms with Crippen molar-refractivity contribution in [3.05, 3.63) is 46.1 Å². The van der Waals surface area contributed by atoms with Crippen LogP contribution in [0.15, 0.2) is 23.3 Å². The van der Waals surface area contributed by atoms with Crippen LogP contribution in [-0.4, -0.2) is 26.6 Å². The minimum Gasteiger partial charge on any atom is -0.357 e. The van der Waals surface area contributed by atoms with Crippen molar-refractivity contribution >= 4 is 5.95 Å². The van der Waals surface area contributed by atoms with E-state index in [4.69, 9.17) is 0 Å². The highest BCUT2D eigenvalue weighted by atomic mass is 19.1. The lowest BCUT2D eigenvalue weighted by atomic mass is 10.1. The van der Waals surface area contributed by atoms with Crippen LogP contribution >= 0.6 is 0 Å². The first-order chi connectivity index (χ1) is 9.13. The molecule has 0 spiro atoms. The van der Waals surface area contributed by atoms with E-state index in [0.717, 1.165) is 5.56 Å². The van der Waals surface area contributed by atoms with Crippen molar-refractivity contribution in [1.82, 2.24) is 19.5 Å². The van der Waals surface area contributed by atoms with E-state index in [1.54, 1.807) is 13.1 Å². The third kappa shape index (κ3) is 2.93. The number of hydrogen-bond donors (Lipinski definition) is 1. The maximum atomic E-state index is 13.0. The van der Waals surface area contributed by atoms with Gasteiger partial charge < -0.3 is 5.32 Å². The molecule has 0 aromatic carbocycles. The van der Waals surface area contributed by atoms with Gasteiger partial charge in [0.15, 0.2) is 0 Å². The average molecular weight is 263 g/mol. The molecular weight excluding hydrogens is 249 g/mol. The first-order valence-corrected chi connectivity index (χ1v) is 5.89. The minimum absolute atomic E-state index is 0.272. The van der Waals surface area contributed by atoms with Gasteiger partial charge in [-0.05, 0) is 18.1 Å². The summed E-state index contributed by atoms with van der Waals surface area (Å²) in [5.41, 5.74) is 1.00. The van der Waals surface area contributed by atoms with E-state index in [-0.39, 0.29) is 12.5 Å². The van der Waals surface area contributed by atoms with Crippen molar-refractivity contribution in [2.75, 3.05) is 12.4 Å². The third-order valence-electron chi connectivity index (χ3n) is 2.70. The van der Waals surface area contributed by atoms with Crippen LogP contribution < -0.4 is 11.0 Å². The number of halogens is 1. The summed E-state index contributed by atoms with van der Waals surface area (Å²) in [6, 6.07) is 2.90. The molecule has 0 radical (unpaired) electrons. The number of aromatic nitrogens is 4. The Kier molecular flexibility index (Phi) is 3.84. The largest absolute Gasteiger partial charge is 0.357 e. The molecule has 2 rings (SSSR count). The summed E-state index contributed by atoms with van der Waals surface area (Å²) in [7, 11) is 1.64. The lowest BCUT2D eigenvalue weighted by molar-refractivity contribution is 0.572. The topological polar surface area (TPSA) is 72.7 Å². The molecule has 0 fully saturated rings. The van der Waals surface area contributed by atoms with Crippen LogP contribution in [0.2, 0.25) is 0 Å². The fourth-order valence-corrected chi connectivity index (χ4v) is 1.72. The van der Waals surface area contributed by atoms with Crippen LogP contribution in [0.1, 0.15) is 18.2 Å². The van der Waals surface area contributed by atoms with Gasteiger partial charge in [-0.15, -0.1) is 0 Å². The highest BCUT2D eigenvalue weighted by Gasteiger charge is 2.07. The van der Waals surface area contributed by atoms with E-state index < -0.39 is 11.6 Å². The molecule has 0 aliphatic carbocycles. The van der Waals surface area contributed by atoms with Gasteiger partial charge in [-0.2, -0.15) is 9.37 Å². The standard InChI is InChI=1S/C12H14FN5O/c1-3-9-8(4-5-10(13)16-9)6-18-7-15-11(14-2)17-12(18)19/h4-5,7H,3,6H2,1-2H3,(H,14,17,19). The number of hydrogen-bond acceptors (Lipinski definition) is 5. The van der Waals surface area contributed by atoms with Crippen molar-refractivity contribution in [2.24, 2.45) is 0 Å². The number of nitrogens with one attached hydrogen (secondary N) is 1. The predicted molar refractivity (Wildman–Crippen MR) is 68.5 cm³/mol. The summed E-state index contributed by atoms with van der Waals surface area (Å²) in [5.74, 6) is -0.246. The molecule has 0 aliphatic rings. The first-order valence-electron chi connectivity index (χ1n) is 5.89. The maximum Gasteiger partial charge on any atom is 0.352 e. The van der Waals surface area contributed by atoms with Gasteiger partial charge >= 0.3 is 5.69 Å². The molecule has 0 amide bonds. The maximum absolute atomic E-state index is 13.0. The monoisotopic (exact) mass is 263 g/mol. The molecule has 1 N–H and O–H groups in total. The van der Waals surface area contributed by atoms with Gasteiger partial charge in [-0.25, -0.2) is 14.8 Å². The highest BCUT2D eigenvalue weighted by Crippen LogP contribution is 2.09. The molecule has 0 bridgehead atoms. The fraction of sp³-hybridized carbons (Fsp3) is 0.333. The molecule has 2 aromatic rings. The van der Waals surface area contributed by atoms with E-state index in [2.05, 4.69) is 20.3 Å². The van der Waals surface area contributed by atoms with Gasteiger partial charge in [0.1, 0.15) is 6.33 Å². The zero-order chi connectivity index (χ0) is 13.8. The number of aryl methyl sites for hydroxylation is 1. The lowest BCUT2D eigenvalue weighted by Gasteiger charge is -2.09. The molecule has 6 nitrogen and oxygen atoms in total. The highest BCUT2D eigenvalue weighted by molar-refractivity contribution is 5.22. The quantitative estimate of drug-likeness (QED) is 0.827. The first kappa shape index (κ1) is 13.1. The van der Waals surface area contributed by atoms with E-state index >= 15 is 0 Å². The van der Waals surface area contributed by atoms with Crippen molar-refractivity contribution in [3.63, 3.8) is 0 Å². The Morgan fingerprint density at radius 1 is 1.37 bits per heavy atom. The molecule has 7 heteroatoms. The van der Waals surface area contributed by atoms with E-state index in [1.165, 1.54) is 17.0 Å². The molecule has 0 saturated heterocycles. The zero-order valence-electron chi connectivity index (χ0n) is 10.7. The number of pyridine rings is 1. The summed E-state index contributed by atoms with van der Waals surface area (Å²) in [5, 5.41) is 2.69. The van der Waals surface area contributed by atoms with Crippen molar-refractivity contribution in [3.8, 4) is 0 Å². The summed E-state index contributed by atoms with van der Waals surface area (Å²) in [4.78, 5) is 23.3. The predicted octanol–water partition coefficient (Wildman–Crippen LogP) is 0.825. The van der Waals surface area contributed by atoms with Gasteiger partial charge in [0, 0.05) is 12.7 Å². The van der Waals surface area contributed by atoms with E-state index in [9.17, 15) is 9.18 Å². The van der Waals surface area contributed by atoms with Gasteiger partial charge in [-0.3, -0.25) is 4.57 Å². The second-order valence-corrected chi connectivity index (χ2v) is 3.93. The smallest absolute Gasteiger partial charge is 0.352 e. The molecule has 2 aromatic heterocycles. The minimum atomic E-state index is -0.519. The Balaban J connectivity index is 2.33. The molecular formula is C12H14FN5O. The lowest BCUT2D eigenvalue weighted by Crippen LogP contribution is -2.25. The molecule has 0 atom stereocenters. The van der Waals surface area contributed by atoms with Crippen LogP contribution in [0.4, 0.5) is 10.3 Å². The Hall–Kier alpha value is -2.31. The molecule has 0 aliphatic heterocycles. The van der Waals surface area contributed by atoms with E-state index in [0.29, 0.717) is 12.1 Å². The van der Waals surface area contributed by atoms with Crippen LogP contribution in [0.3, 0.4) is 0 Å². The summed E-state index contributed by atoms with van der Waals surface area (Å²) in [6.07, 6.45) is 2.00. The van der Waals surface area contributed by atoms with Crippen LogP contribution in [-0.2, 0) is 13.0 Å². The molecule has 2 heterocycles. The van der Waals surface area contributed by atoms with Gasteiger partial charge in [-0.1, -0.05) is 13.0 Å². The van der Waals surface area contributed by atoms with Crippen molar-refractivity contribution in [2.45, 2.75) is 19.9 Å². The molecule has 0 saturated carbocycles. The number of rotatable bonds is 4. The zero-order valence-corrected chi connectivity index (χ0v) is 10.7. The number of anilines is 1. The summed E-state index contributed by atoms with van der Waals surface area (Å²) >= 11 is 0. The Morgan fingerprint density at radius 2 is 2.16 bits per heavy atom. The molecule has 19 heavy (non-hydrogen) atoms. The Morgan fingerprint density at radius 3 is 2.79 bits per heavy atom. The summed E-state index contributed by atoms with van der Waals surface area (Å²) < 4.78 is 14.4. The normalized spacial score (nSPS) is 10.5. The van der Waals surface area contributed by atoms with Crippen LogP contribution in [0.5, 0.6) is 0 Å². The second-order valence-electron chi connectivity index (χ2n) is 3.93. The molecule has 100 valence electrons. The van der Waals surface area contributed by atoms with Gasteiger partial charge in [0.25, 0.3) is 0 Å². The van der Waals surface area contributed by atoms with Crippen LogP contribution in [0, 0.1) is 5.95 Å². The third-order valence-corrected chi connectivity index (χ3v) is 2.70. The van der Waals surface area contributed by atoms with Crippen molar-refractivity contribution in [1.29, 1.82) is 0 Å². The molecule has 0 unspecified atom stereocenters. The SMILES string of the molecule is CCc1nc(F)ccc1Cn1cnc(NC)nc1=O. The fourth-order valence-electron chi connectivity index (χ4n) is 1.72. The number of nitrogens with zero attached hydrogens (tertiary/aromatic N) is 4. The van der Waals surface area contributed by atoms with Crippen LogP contribution in [0.25, 0.3) is 0 Å². The van der Waals surface area contributed by atoms with Gasteiger partial charge in [0.05, 0.1) is 6.54 Å². The van der Waals surface area contributed by atoms with Gasteiger partial charge in [0.2, 0.25) is 11.9 Å². The summed E-state index contributed by atoms with van der Waals surface area (Å²) in [6.45, 7) is 2.16.